The van der Waals surface area contributed by atoms with Gasteiger partial charge in [-0.05, 0) is 36.8 Å². The molecule has 2 aromatic carbocycles. The highest BCUT2D eigenvalue weighted by molar-refractivity contribution is 6.31. The number of nitrogens with one attached hydrogen (secondary N) is 1. The SMILES string of the molecule is COC(=O)c1cc(C)nc2c1c(=O)n(CC(=O)NCc1ccccc1Cl)c(=O)n2-c1ccccc1. The summed E-state index contributed by atoms with van der Waals surface area (Å²) in [6, 6.07) is 16.9. The Morgan fingerprint density at radius 1 is 1.06 bits per heavy atom. The number of carbonyl (C=O) groups is 2. The summed E-state index contributed by atoms with van der Waals surface area (Å²) in [4.78, 5) is 56.6. The number of fused-ring (bicyclic) bond motifs is 1. The second kappa shape index (κ2) is 9.94. The second-order valence-corrected chi connectivity index (χ2v) is 8.12. The molecule has 0 atom stereocenters. The Labute approximate surface area is 204 Å². The van der Waals surface area contributed by atoms with Crippen molar-refractivity contribution in [3.05, 3.63) is 103 Å². The average molecular weight is 493 g/mol. The number of pyridine rings is 1. The van der Waals surface area contributed by atoms with Crippen LogP contribution in [0.3, 0.4) is 0 Å². The summed E-state index contributed by atoms with van der Waals surface area (Å²) in [5, 5.41) is 3.03. The summed E-state index contributed by atoms with van der Waals surface area (Å²) in [5.74, 6) is -1.34. The largest absolute Gasteiger partial charge is 0.465 e. The van der Waals surface area contributed by atoms with Gasteiger partial charge in [0.05, 0.1) is 23.7 Å². The van der Waals surface area contributed by atoms with Crippen LogP contribution in [0.25, 0.3) is 16.7 Å². The third kappa shape index (κ3) is 4.71. The molecule has 4 rings (SSSR count). The van der Waals surface area contributed by atoms with Crippen LogP contribution >= 0.6 is 11.6 Å². The summed E-state index contributed by atoms with van der Waals surface area (Å²) in [7, 11) is 1.19. The number of benzene rings is 2. The van der Waals surface area contributed by atoms with Crippen molar-refractivity contribution in [1.82, 2.24) is 19.4 Å². The van der Waals surface area contributed by atoms with Crippen molar-refractivity contribution < 1.29 is 14.3 Å². The summed E-state index contributed by atoms with van der Waals surface area (Å²) in [6.07, 6.45) is 0. The van der Waals surface area contributed by atoms with E-state index >= 15 is 0 Å². The van der Waals surface area contributed by atoms with E-state index in [4.69, 9.17) is 16.3 Å². The molecular formula is C25H21ClN4O5. The molecule has 9 nitrogen and oxygen atoms in total. The average Bonchev–Trinajstić information content (AvgIpc) is 2.85. The number of halogens is 1. The van der Waals surface area contributed by atoms with Crippen LogP contribution in [0.1, 0.15) is 21.6 Å². The molecule has 178 valence electrons. The van der Waals surface area contributed by atoms with E-state index in [0.717, 1.165) is 4.57 Å². The van der Waals surface area contributed by atoms with Gasteiger partial charge in [0.1, 0.15) is 6.54 Å². The van der Waals surface area contributed by atoms with Crippen LogP contribution in [0.5, 0.6) is 0 Å². The fourth-order valence-electron chi connectivity index (χ4n) is 3.72. The van der Waals surface area contributed by atoms with Gasteiger partial charge in [-0.1, -0.05) is 48.0 Å². The monoisotopic (exact) mass is 492 g/mol. The first kappa shape index (κ1) is 23.9. The fraction of sp³-hybridized carbons (Fsp3) is 0.160. The lowest BCUT2D eigenvalue weighted by Crippen LogP contribution is -2.44. The van der Waals surface area contributed by atoms with Crippen LogP contribution in [-0.2, 0) is 22.6 Å². The van der Waals surface area contributed by atoms with Gasteiger partial charge in [-0.2, -0.15) is 0 Å². The van der Waals surface area contributed by atoms with Crippen molar-refractivity contribution >= 4 is 34.5 Å². The lowest BCUT2D eigenvalue weighted by molar-refractivity contribution is -0.121. The van der Waals surface area contributed by atoms with Crippen LogP contribution in [0, 0.1) is 6.92 Å². The lowest BCUT2D eigenvalue weighted by Gasteiger charge is -2.15. The first-order chi connectivity index (χ1) is 16.8. The molecule has 1 amide bonds. The summed E-state index contributed by atoms with van der Waals surface area (Å²) < 4.78 is 6.84. The van der Waals surface area contributed by atoms with Gasteiger partial charge in [-0.3, -0.25) is 9.59 Å². The maximum Gasteiger partial charge on any atom is 0.338 e. The number of rotatable bonds is 6. The number of carbonyl (C=O) groups excluding carboxylic acids is 2. The van der Waals surface area contributed by atoms with Crippen LogP contribution in [-0.4, -0.2) is 33.1 Å². The molecule has 0 saturated carbocycles. The van der Waals surface area contributed by atoms with Gasteiger partial charge in [-0.15, -0.1) is 0 Å². The maximum absolute atomic E-state index is 13.5. The number of ether oxygens (including phenoxy) is 1. The van der Waals surface area contributed by atoms with Crippen molar-refractivity contribution in [3.63, 3.8) is 0 Å². The minimum atomic E-state index is -0.821. The molecule has 35 heavy (non-hydrogen) atoms. The van der Waals surface area contributed by atoms with E-state index in [1.807, 2.05) is 0 Å². The van der Waals surface area contributed by atoms with E-state index in [0.29, 0.717) is 22.0 Å². The summed E-state index contributed by atoms with van der Waals surface area (Å²) >= 11 is 6.14. The first-order valence-corrected chi connectivity index (χ1v) is 11.0. The van der Waals surface area contributed by atoms with Crippen LogP contribution in [0.4, 0.5) is 0 Å². The number of hydrogen-bond donors (Lipinski definition) is 1. The number of para-hydroxylation sites is 1. The Morgan fingerprint density at radius 3 is 2.43 bits per heavy atom. The topological polar surface area (TPSA) is 112 Å². The van der Waals surface area contributed by atoms with Gasteiger partial charge >= 0.3 is 11.7 Å². The molecule has 10 heteroatoms. The molecule has 2 heterocycles. The van der Waals surface area contributed by atoms with Crippen LogP contribution in [0.15, 0.2) is 70.3 Å². The highest BCUT2D eigenvalue weighted by Crippen LogP contribution is 2.18. The number of hydrogen-bond acceptors (Lipinski definition) is 6. The zero-order chi connectivity index (χ0) is 25.1. The Balaban J connectivity index is 1.87. The Bertz CT molecular complexity index is 1560. The van der Waals surface area contributed by atoms with E-state index in [9.17, 15) is 19.2 Å². The Morgan fingerprint density at radius 2 is 1.74 bits per heavy atom. The number of methoxy groups -OCH3 is 1. The normalized spacial score (nSPS) is 10.8. The zero-order valence-electron chi connectivity index (χ0n) is 18.9. The first-order valence-electron chi connectivity index (χ1n) is 10.6. The van der Waals surface area contributed by atoms with Gasteiger partial charge < -0.3 is 10.1 Å². The molecule has 0 bridgehead atoms. The van der Waals surface area contributed by atoms with E-state index in [1.54, 1.807) is 61.5 Å². The number of amides is 1. The molecule has 0 fully saturated rings. The maximum atomic E-state index is 13.5. The molecule has 0 aliphatic rings. The van der Waals surface area contributed by atoms with Crippen LogP contribution in [0.2, 0.25) is 5.02 Å². The minimum absolute atomic E-state index is 0.000625. The summed E-state index contributed by atoms with van der Waals surface area (Å²) in [5.41, 5.74) is -0.122. The van der Waals surface area contributed by atoms with Crippen molar-refractivity contribution in [1.29, 1.82) is 0 Å². The van der Waals surface area contributed by atoms with Gasteiger partial charge in [0.2, 0.25) is 5.91 Å². The third-order valence-electron chi connectivity index (χ3n) is 5.38. The third-order valence-corrected chi connectivity index (χ3v) is 5.75. The molecule has 0 unspecified atom stereocenters. The van der Waals surface area contributed by atoms with Crippen molar-refractivity contribution in [2.45, 2.75) is 20.0 Å². The number of aromatic nitrogens is 3. The number of nitrogens with zero attached hydrogens (tertiary/aromatic N) is 3. The Kier molecular flexibility index (Phi) is 6.79. The molecule has 1 N–H and O–H groups in total. The Hall–Kier alpha value is -4.24. The van der Waals surface area contributed by atoms with Crippen molar-refractivity contribution in [2.24, 2.45) is 0 Å². The molecule has 0 aliphatic carbocycles. The van der Waals surface area contributed by atoms with Crippen molar-refractivity contribution in [2.75, 3.05) is 7.11 Å². The van der Waals surface area contributed by atoms with Gasteiger partial charge in [0.25, 0.3) is 5.56 Å². The summed E-state index contributed by atoms with van der Waals surface area (Å²) in [6.45, 7) is 1.18. The van der Waals surface area contributed by atoms with Gasteiger partial charge in [-0.25, -0.2) is 23.7 Å². The molecule has 0 aliphatic heterocycles. The molecule has 0 saturated heterocycles. The quantitative estimate of drug-likeness (QED) is 0.414. The standard InChI is InChI=1S/C25H21ClN4O5/c1-15-12-18(24(33)35-2)21-22(28-15)30(17-9-4-3-5-10-17)25(34)29(23(21)32)14-20(31)27-13-16-8-6-7-11-19(16)26/h3-12H,13-14H2,1-2H3,(H,27,31). The predicted octanol–water partition coefficient (Wildman–Crippen LogP) is 2.61. The smallest absolute Gasteiger partial charge is 0.338 e. The minimum Gasteiger partial charge on any atom is -0.465 e. The van der Waals surface area contributed by atoms with Crippen molar-refractivity contribution in [3.8, 4) is 5.69 Å². The van der Waals surface area contributed by atoms with Gasteiger partial charge in [0, 0.05) is 17.3 Å². The van der Waals surface area contributed by atoms with E-state index < -0.39 is 29.7 Å². The lowest BCUT2D eigenvalue weighted by atomic mass is 10.1. The molecule has 0 spiro atoms. The van der Waals surface area contributed by atoms with Gasteiger partial charge in [0.15, 0.2) is 5.65 Å². The van der Waals surface area contributed by atoms with E-state index in [1.165, 1.54) is 17.7 Å². The van der Waals surface area contributed by atoms with E-state index in [-0.39, 0.29) is 23.1 Å². The second-order valence-electron chi connectivity index (χ2n) is 7.71. The predicted molar refractivity (Wildman–Crippen MR) is 131 cm³/mol. The molecule has 0 radical (unpaired) electrons. The fourth-order valence-corrected chi connectivity index (χ4v) is 3.92. The molecular weight excluding hydrogens is 472 g/mol. The highest BCUT2D eigenvalue weighted by Gasteiger charge is 2.23. The highest BCUT2D eigenvalue weighted by atomic mass is 35.5. The van der Waals surface area contributed by atoms with E-state index in [2.05, 4.69) is 10.3 Å². The number of aryl methyl sites for hydroxylation is 1. The molecule has 4 aromatic rings. The zero-order valence-corrected chi connectivity index (χ0v) is 19.7. The molecule has 2 aromatic heterocycles. The van der Waals surface area contributed by atoms with Crippen LogP contribution < -0.4 is 16.6 Å². The number of esters is 1.